The van der Waals surface area contributed by atoms with Gasteiger partial charge in [0.2, 0.25) is 0 Å². The predicted molar refractivity (Wildman–Crippen MR) is 99.4 cm³/mol. The Morgan fingerprint density at radius 2 is 1.81 bits per heavy atom. The highest BCUT2D eigenvalue weighted by Gasteiger charge is 2.33. The van der Waals surface area contributed by atoms with Crippen molar-refractivity contribution in [2.24, 2.45) is 0 Å². The van der Waals surface area contributed by atoms with E-state index in [4.69, 9.17) is 0 Å². The lowest BCUT2D eigenvalue weighted by molar-refractivity contribution is 0.0857. The molecule has 1 aromatic heterocycles. The van der Waals surface area contributed by atoms with Crippen LogP contribution in [-0.2, 0) is 6.42 Å². The monoisotopic (exact) mass is 347 g/mol. The van der Waals surface area contributed by atoms with Gasteiger partial charge in [-0.25, -0.2) is 4.68 Å². The summed E-state index contributed by atoms with van der Waals surface area (Å²) in [5.74, 6) is -0.206. The number of carbonyl (C=O) groups is 1. The Bertz CT molecular complexity index is 963. The van der Waals surface area contributed by atoms with Crippen molar-refractivity contribution in [2.75, 3.05) is 0 Å². The summed E-state index contributed by atoms with van der Waals surface area (Å²) in [6, 6.07) is 17.2. The number of aromatic nitrogens is 2. The molecule has 4 rings (SSSR count). The van der Waals surface area contributed by atoms with Gasteiger partial charge in [0.05, 0.1) is 34.8 Å². The topological polar surface area (TPSA) is 67.2 Å². The van der Waals surface area contributed by atoms with Crippen LogP contribution in [0.15, 0.2) is 54.6 Å². The molecule has 2 N–H and O–H groups in total. The number of rotatable bonds is 3. The second-order valence-corrected chi connectivity index (χ2v) is 6.71. The lowest BCUT2D eigenvalue weighted by Gasteiger charge is -2.18. The molecule has 1 amide bonds. The first-order valence-electron chi connectivity index (χ1n) is 8.74. The number of amides is 1. The number of hydrogen-bond acceptors (Lipinski definition) is 3. The van der Waals surface area contributed by atoms with Gasteiger partial charge in [-0.15, -0.1) is 0 Å². The third kappa shape index (κ3) is 2.70. The third-order valence-corrected chi connectivity index (χ3v) is 5.01. The van der Waals surface area contributed by atoms with Gasteiger partial charge < -0.3 is 10.4 Å². The molecular formula is C21H21N3O2. The minimum atomic E-state index is -0.610. The fourth-order valence-electron chi connectivity index (χ4n) is 3.75. The number of hydrogen-bond donors (Lipinski definition) is 2. The Morgan fingerprint density at radius 1 is 1.12 bits per heavy atom. The first-order valence-corrected chi connectivity index (χ1v) is 8.74. The van der Waals surface area contributed by atoms with Crippen LogP contribution in [0, 0.1) is 13.8 Å². The van der Waals surface area contributed by atoms with Gasteiger partial charge in [-0.1, -0.05) is 42.5 Å². The van der Waals surface area contributed by atoms with Gasteiger partial charge >= 0.3 is 0 Å². The molecule has 0 saturated carbocycles. The maximum atomic E-state index is 13.0. The number of aliphatic hydroxyl groups excluding tert-OH is 1. The first-order chi connectivity index (χ1) is 12.6. The van der Waals surface area contributed by atoms with Crippen LogP contribution in [-0.4, -0.2) is 26.9 Å². The minimum Gasteiger partial charge on any atom is -0.390 e. The number of nitrogens with one attached hydrogen (secondary N) is 1. The molecule has 0 unspecified atom stereocenters. The minimum absolute atomic E-state index is 0.206. The molecule has 1 aliphatic rings. The van der Waals surface area contributed by atoms with Crippen LogP contribution >= 0.6 is 0 Å². The van der Waals surface area contributed by atoms with Crippen LogP contribution in [0.5, 0.6) is 0 Å². The molecule has 3 aromatic rings. The van der Waals surface area contributed by atoms with Crippen molar-refractivity contribution in [1.82, 2.24) is 15.1 Å². The van der Waals surface area contributed by atoms with Crippen molar-refractivity contribution >= 4 is 5.91 Å². The van der Waals surface area contributed by atoms with Crippen LogP contribution in [0.25, 0.3) is 5.69 Å². The average Bonchev–Trinajstić information content (AvgIpc) is 3.12. The molecule has 1 heterocycles. The number of carbonyl (C=O) groups excluding carboxylic acids is 1. The van der Waals surface area contributed by atoms with Crippen molar-refractivity contribution in [3.63, 3.8) is 0 Å². The highest BCUT2D eigenvalue weighted by Crippen LogP contribution is 2.31. The average molecular weight is 347 g/mol. The Labute approximate surface area is 152 Å². The fraction of sp³-hybridized carbons (Fsp3) is 0.238. The van der Waals surface area contributed by atoms with Crippen molar-refractivity contribution in [3.05, 3.63) is 82.7 Å². The van der Waals surface area contributed by atoms with Gasteiger partial charge in [-0.2, -0.15) is 5.10 Å². The van der Waals surface area contributed by atoms with E-state index in [0.717, 1.165) is 22.5 Å². The second kappa shape index (κ2) is 6.42. The zero-order valence-corrected chi connectivity index (χ0v) is 14.8. The zero-order valence-electron chi connectivity index (χ0n) is 14.8. The van der Waals surface area contributed by atoms with Crippen LogP contribution < -0.4 is 5.32 Å². The number of aryl methyl sites for hydroxylation is 1. The smallest absolute Gasteiger partial charge is 0.255 e. The molecule has 0 radical (unpaired) electrons. The summed E-state index contributed by atoms with van der Waals surface area (Å²) in [4.78, 5) is 13.0. The summed E-state index contributed by atoms with van der Waals surface area (Å²) in [6.45, 7) is 3.72. The zero-order chi connectivity index (χ0) is 18.3. The summed E-state index contributed by atoms with van der Waals surface area (Å²) in [5.41, 5.74) is 5.00. The fourth-order valence-corrected chi connectivity index (χ4v) is 3.75. The van der Waals surface area contributed by atoms with Crippen LogP contribution in [0.2, 0.25) is 0 Å². The van der Waals surface area contributed by atoms with Crippen LogP contribution in [0.3, 0.4) is 0 Å². The van der Waals surface area contributed by atoms with Gasteiger partial charge in [-0.3, -0.25) is 4.79 Å². The molecule has 5 heteroatoms. The highest BCUT2D eigenvalue weighted by atomic mass is 16.3. The van der Waals surface area contributed by atoms with E-state index in [1.807, 2.05) is 68.4 Å². The normalized spacial score (nSPS) is 18.6. The van der Waals surface area contributed by atoms with Gasteiger partial charge in [0, 0.05) is 6.42 Å². The van der Waals surface area contributed by atoms with Crippen molar-refractivity contribution in [3.8, 4) is 5.69 Å². The van der Waals surface area contributed by atoms with E-state index >= 15 is 0 Å². The van der Waals surface area contributed by atoms with Gasteiger partial charge in [-0.05, 0) is 37.1 Å². The summed E-state index contributed by atoms with van der Waals surface area (Å²) in [7, 11) is 0. The van der Waals surface area contributed by atoms with Gasteiger partial charge in [0.25, 0.3) is 5.91 Å². The Morgan fingerprint density at radius 3 is 2.58 bits per heavy atom. The standard InChI is InChI=1S/C21H21N3O2/c1-13-19(14(2)24(23-13)16-9-4-3-5-10-16)21(26)22-20-17-11-7-6-8-15(17)12-18(20)25/h3-11,18,20,25H,12H2,1-2H3,(H,22,26)/t18-,20+/m0/s1. The third-order valence-electron chi connectivity index (χ3n) is 5.01. The van der Waals surface area contributed by atoms with Crippen molar-refractivity contribution in [2.45, 2.75) is 32.4 Å². The quantitative estimate of drug-likeness (QED) is 0.766. The molecular weight excluding hydrogens is 326 g/mol. The van der Waals surface area contributed by atoms with Gasteiger partial charge in [0.1, 0.15) is 0 Å². The van der Waals surface area contributed by atoms with Crippen LogP contribution in [0.1, 0.15) is 38.9 Å². The van der Waals surface area contributed by atoms with E-state index in [0.29, 0.717) is 17.7 Å². The maximum absolute atomic E-state index is 13.0. The molecule has 0 bridgehead atoms. The number of nitrogens with zero attached hydrogens (tertiary/aromatic N) is 2. The summed E-state index contributed by atoms with van der Waals surface area (Å²) in [5, 5.41) is 17.9. The first kappa shape index (κ1) is 16.5. The van der Waals surface area contributed by atoms with E-state index in [2.05, 4.69) is 10.4 Å². The van der Waals surface area contributed by atoms with Crippen LogP contribution in [0.4, 0.5) is 0 Å². The van der Waals surface area contributed by atoms with Crippen molar-refractivity contribution in [1.29, 1.82) is 0 Å². The molecule has 0 saturated heterocycles. The van der Waals surface area contributed by atoms with E-state index in [1.165, 1.54) is 0 Å². The summed E-state index contributed by atoms with van der Waals surface area (Å²) in [6.07, 6.45) is -0.0522. The largest absolute Gasteiger partial charge is 0.390 e. The number of para-hydroxylation sites is 1. The Hall–Kier alpha value is -2.92. The number of benzene rings is 2. The SMILES string of the molecule is Cc1nn(-c2ccccc2)c(C)c1C(=O)N[C@@H]1c2ccccc2C[C@@H]1O. The van der Waals surface area contributed by atoms with Crippen molar-refractivity contribution < 1.29 is 9.90 Å². The number of aliphatic hydroxyl groups is 1. The molecule has 26 heavy (non-hydrogen) atoms. The lowest BCUT2D eigenvalue weighted by atomic mass is 10.1. The molecule has 132 valence electrons. The molecule has 1 aliphatic carbocycles. The van der Waals surface area contributed by atoms with E-state index in [9.17, 15) is 9.90 Å². The summed E-state index contributed by atoms with van der Waals surface area (Å²) < 4.78 is 1.78. The molecule has 5 nitrogen and oxygen atoms in total. The Kier molecular flexibility index (Phi) is 4.09. The second-order valence-electron chi connectivity index (χ2n) is 6.71. The Balaban J connectivity index is 1.65. The van der Waals surface area contributed by atoms with E-state index in [1.54, 1.807) is 4.68 Å². The summed E-state index contributed by atoms with van der Waals surface area (Å²) >= 11 is 0. The highest BCUT2D eigenvalue weighted by molar-refractivity contribution is 5.97. The van der Waals surface area contributed by atoms with E-state index < -0.39 is 12.1 Å². The molecule has 2 atom stereocenters. The molecule has 0 spiro atoms. The molecule has 2 aromatic carbocycles. The molecule has 0 aliphatic heterocycles. The van der Waals surface area contributed by atoms with Gasteiger partial charge in [0.15, 0.2) is 0 Å². The van der Waals surface area contributed by atoms with E-state index in [-0.39, 0.29) is 5.91 Å². The maximum Gasteiger partial charge on any atom is 0.255 e. The lowest BCUT2D eigenvalue weighted by Crippen LogP contribution is -2.34. The number of fused-ring (bicyclic) bond motifs is 1. The predicted octanol–water partition coefficient (Wildman–Crippen LogP) is 2.88. The molecule has 0 fully saturated rings.